The van der Waals surface area contributed by atoms with Gasteiger partial charge in [-0.05, 0) is 38.3 Å². The summed E-state index contributed by atoms with van der Waals surface area (Å²) in [6, 6.07) is 4.30. The molecule has 0 unspecified atom stereocenters. The fraction of sp³-hybridized carbons (Fsp3) is 0.571. The van der Waals surface area contributed by atoms with Crippen LogP contribution >= 0.6 is 11.3 Å². The van der Waals surface area contributed by atoms with E-state index in [9.17, 15) is 0 Å². The van der Waals surface area contributed by atoms with E-state index in [-0.39, 0.29) is 0 Å². The maximum atomic E-state index is 4.80. The molecule has 2 aromatic heterocycles. The smallest absolute Gasteiger partial charge is 0.194 e. The van der Waals surface area contributed by atoms with Gasteiger partial charge < -0.3 is 15.1 Å². The van der Waals surface area contributed by atoms with Crippen molar-refractivity contribution < 1.29 is 0 Å². The van der Waals surface area contributed by atoms with Crippen molar-refractivity contribution >= 4 is 23.1 Å². The molecule has 152 valence electrons. The van der Waals surface area contributed by atoms with Crippen molar-refractivity contribution in [1.29, 1.82) is 0 Å². The Labute approximate surface area is 172 Å². The van der Waals surface area contributed by atoms with Gasteiger partial charge in [-0.3, -0.25) is 0 Å². The summed E-state index contributed by atoms with van der Waals surface area (Å²) >= 11 is 1.69. The molecule has 0 spiro atoms. The molecular formula is C21H32N6S. The van der Waals surface area contributed by atoms with Crippen molar-refractivity contribution in [2.24, 2.45) is 4.99 Å². The fourth-order valence-corrected chi connectivity index (χ4v) is 4.04. The van der Waals surface area contributed by atoms with E-state index in [1.807, 2.05) is 13.1 Å². The molecule has 0 aliphatic carbocycles. The van der Waals surface area contributed by atoms with Gasteiger partial charge in [0.15, 0.2) is 5.96 Å². The highest BCUT2D eigenvalue weighted by Crippen LogP contribution is 2.17. The van der Waals surface area contributed by atoms with Crippen LogP contribution in [0.3, 0.4) is 0 Å². The number of thiazole rings is 1. The lowest BCUT2D eigenvalue weighted by Crippen LogP contribution is -2.38. The average Bonchev–Trinajstić information content (AvgIpc) is 2.94. The van der Waals surface area contributed by atoms with Crippen molar-refractivity contribution in [1.82, 2.24) is 20.2 Å². The third-order valence-electron chi connectivity index (χ3n) is 4.91. The summed E-state index contributed by atoms with van der Waals surface area (Å²) in [6.07, 6.45) is 7.18. The molecule has 0 radical (unpaired) electrons. The van der Waals surface area contributed by atoms with Crippen molar-refractivity contribution in [3.8, 4) is 0 Å². The molecule has 0 saturated carbocycles. The molecule has 28 heavy (non-hydrogen) atoms. The van der Waals surface area contributed by atoms with Crippen LogP contribution in [0.5, 0.6) is 0 Å². The second kappa shape index (κ2) is 10.4. The molecule has 0 amide bonds. The van der Waals surface area contributed by atoms with Crippen molar-refractivity contribution in [2.75, 3.05) is 31.6 Å². The topological polar surface area (TPSA) is 56.7 Å². The van der Waals surface area contributed by atoms with Gasteiger partial charge in [0.25, 0.3) is 0 Å². The normalized spacial score (nSPS) is 15.4. The van der Waals surface area contributed by atoms with Gasteiger partial charge in [-0.15, -0.1) is 11.3 Å². The first-order valence-corrected chi connectivity index (χ1v) is 11.1. The number of guanidine groups is 1. The number of rotatable bonds is 6. The number of hydrogen-bond acceptors (Lipinski definition) is 5. The van der Waals surface area contributed by atoms with E-state index < -0.39 is 0 Å². The zero-order valence-electron chi connectivity index (χ0n) is 17.3. The Hall–Kier alpha value is -2.15. The van der Waals surface area contributed by atoms with Gasteiger partial charge in [0.1, 0.15) is 5.82 Å². The van der Waals surface area contributed by atoms with Crippen LogP contribution in [-0.4, -0.2) is 47.5 Å². The minimum atomic E-state index is 0.621. The molecule has 0 bridgehead atoms. The number of pyridine rings is 1. The third-order valence-corrected chi connectivity index (χ3v) is 5.74. The maximum absolute atomic E-state index is 4.80. The Kier molecular flexibility index (Phi) is 7.65. The van der Waals surface area contributed by atoms with Crippen LogP contribution in [0.2, 0.25) is 0 Å². The minimum Gasteiger partial charge on any atom is -0.357 e. The van der Waals surface area contributed by atoms with Crippen LogP contribution in [-0.2, 0) is 13.1 Å². The van der Waals surface area contributed by atoms with E-state index in [0.717, 1.165) is 54.2 Å². The highest BCUT2D eigenvalue weighted by molar-refractivity contribution is 7.09. The molecular weight excluding hydrogens is 368 g/mol. The standard InChI is InChI=1S/C21H32N6S/c1-4-22-21(26(3)15-19-16-28-17(2)25-19)24-14-18-9-10-20(23-13-18)27-11-7-5-6-8-12-27/h9-10,13,16H,4-8,11-12,14-15H2,1-3H3,(H,22,24). The number of hydrogen-bond donors (Lipinski definition) is 1. The summed E-state index contributed by atoms with van der Waals surface area (Å²) < 4.78 is 0. The lowest BCUT2D eigenvalue weighted by molar-refractivity contribution is 0.471. The van der Waals surface area contributed by atoms with Crippen LogP contribution in [0.1, 0.15) is 48.9 Å². The minimum absolute atomic E-state index is 0.621. The van der Waals surface area contributed by atoms with Gasteiger partial charge in [0.2, 0.25) is 0 Å². The van der Waals surface area contributed by atoms with E-state index in [4.69, 9.17) is 9.98 Å². The van der Waals surface area contributed by atoms with Gasteiger partial charge in [-0.25, -0.2) is 15.0 Å². The summed E-state index contributed by atoms with van der Waals surface area (Å²) in [6.45, 7) is 8.58. The SMILES string of the molecule is CCNC(=NCc1ccc(N2CCCCCC2)nc1)N(C)Cc1csc(C)n1. The second-order valence-electron chi connectivity index (χ2n) is 7.31. The van der Waals surface area contributed by atoms with Crippen molar-refractivity contribution in [3.63, 3.8) is 0 Å². The molecule has 1 fully saturated rings. The Balaban J connectivity index is 1.61. The molecule has 1 saturated heterocycles. The van der Waals surface area contributed by atoms with E-state index in [1.54, 1.807) is 11.3 Å². The second-order valence-corrected chi connectivity index (χ2v) is 8.37. The first-order chi connectivity index (χ1) is 13.7. The van der Waals surface area contributed by atoms with Crippen LogP contribution in [0.4, 0.5) is 5.82 Å². The van der Waals surface area contributed by atoms with Gasteiger partial charge in [-0.1, -0.05) is 18.9 Å². The number of anilines is 1. The number of aliphatic imine (C=N–C) groups is 1. The quantitative estimate of drug-likeness (QED) is 0.590. The highest BCUT2D eigenvalue weighted by atomic mass is 32.1. The fourth-order valence-electron chi connectivity index (χ4n) is 3.43. The molecule has 0 aromatic carbocycles. The van der Waals surface area contributed by atoms with Crippen LogP contribution in [0, 0.1) is 6.92 Å². The molecule has 6 nitrogen and oxygen atoms in total. The number of nitrogens with zero attached hydrogens (tertiary/aromatic N) is 5. The number of aryl methyl sites for hydroxylation is 1. The van der Waals surface area contributed by atoms with Crippen molar-refractivity contribution in [2.45, 2.75) is 52.6 Å². The summed E-state index contributed by atoms with van der Waals surface area (Å²) in [5.41, 5.74) is 2.21. The largest absolute Gasteiger partial charge is 0.357 e. The van der Waals surface area contributed by atoms with Crippen LogP contribution < -0.4 is 10.2 Å². The first kappa shape index (κ1) is 20.6. The zero-order valence-corrected chi connectivity index (χ0v) is 18.1. The highest BCUT2D eigenvalue weighted by Gasteiger charge is 2.11. The third kappa shape index (κ3) is 5.92. The Bertz CT molecular complexity index is 747. The molecule has 1 N–H and O–H groups in total. The number of nitrogens with one attached hydrogen (secondary N) is 1. The summed E-state index contributed by atoms with van der Waals surface area (Å²) in [4.78, 5) is 18.6. The maximum Gasteiger partial charge on any atom is 0.194 e. The van der Waals surface area contributed by atoms with Crippen molar-refractivity contribution in [3.05, 3.63) is 40.0 Å². The van der Waals surface area contributed by atoms with Gasteiger partial charge in [0, 0.05) is 38.3 Å². The Morgan fingerprint density at radius 2 is 2.04 bits per heavy atom. The van der Waals surface area contributed by atoms with Crippen LogP contribution in [0.25, 0.3) is 0 Å². The predicted octanol–water partition coefficient (Wildman–Crippen LogP) is 3.82. The molecule has 3 rings (SSSR count). The molecule has 7 heteroatoms. The van der Waals surface area contributed by atoms with Gasteiger partial charge in [0.05, 0.1) is 23.8 Å². The van der Waals surface area contributed by atoms with Crippen LogP contribution in [0.15, 0.2) is 28.7 Å². The number of aromatic nitrogens is 2. The Morgan fingerprint density at radius 1 is 1.25 bits per heavy atom. The molecule has 2 aromatic rings. The summed E-state index contributed by atoms with van der Waals surface area (Å²) in [5.74, 6) is 1.99. The van der Waals surface area contributed by atoms with E-state index in [2.05, 4.69) is 51.6 Å². The first-order valence-electron chi connectivity index (χ1n) is 10.3. The summed E-state index contributed by atoms with van der Waals surface area (Å²) in [7, 11) is 2.05. The van der Waals surface area contributed by atoms with E-state index in [1.165, 1.54) is 25.7 Å². The van der Waals surface area contributed by atoms with E-state index in [0.29, 0.717) is 6.54 Å². The van der Waals surface area contributed by atoms with Gasteiger partial charge in [-0.2, -0.15) is 0 Å². The molecule has 1 aliphatic heterocycles. The lowest BCUT2D eigenvalue weighted by Gasteiger charge is -2.22. The molecule has 1 aliphatic rings. The summed E-state index contributed by atoms with van der Waals surface area (Å²) in [5, 5.41) is 6.58. The van der Waals surface area contributed by atoms with Gasteiger partial charge >= 0.3 is 0 Å². The predicted molar refractivity (Wildman–Crippen MR) is 118 cm³/mol. The monoisotopic (exact) mass is 400 g/mol. The average molecular weight is 401 g/mol. The zero-order chi connectivity index (χ0) is 19.8. The molecule has 0 atom stereocenters. The molecule has 3 heterocycles. The van der Waals surface area contributed by atoms with E-state index >= 15 is 0 Å². The lowest BCUT2D eigenvalue weighted by atomic mass is 10.2. The Morgan fingerprint density at radius 3 is 2.64 bits per heavy atom.